The molecule has 0 saturated heterocycles. The summed E-state index contributed by atoms with van der Waals surface area (Å²) in [5.41, 5.74) is 0.913. The molecule has 2 rings (SSSR count). The van der Waals surface area contributed by atoms with Gasteiger partial charge in [-0.25, -0.2) is 13.4 Å². The van der Waals surface area contributed by atoms with E-state index in [0.29, 0.717) is 13.1 Å². The molecule has 112 valence electrons. The fourth-order valence-corrected chi connectivity index (χ4v) is 3.59. The number of rotatable bonds is 5. The predicted octanol–water partition coefficient (Wildman–Crippen LogP) is 3.60. The first-order chi connectivity index (χ1) is 9.95. The van der Waals surface area contributed by atoms with Crippen molar-refractivity contribution in [2.75, 3.05) is 6.54 Å². The lowest BCUT2D eigenvalue weighted by molar-refractivity contribution is 0.423. The average molecular weight is 345 g/mol. The summed E-state index contributed by atoms with van der Waals surface area (Å²) < 4.78 is 26.6. The van der Waals surface area contributed by atoms with Gasteiger partial charge in [-0.1, -0.05) is 60.5 Å². The number of aromatic nitrogens is 1. The molecule has 1 heterocycles. The minimum absolute atomic E-state index is 0.0367. The zero-order chi connectivity index (χ0) is 15.5. The predicted molar refractivity (Wildman–Crippen MR) is 84.0 cm³/mol. The second-order valence-electron chi connectivity index (χ2n) is 4.36. The largest absolute Gasteiger partial charge is 0.244 e. The van der Waals surface area contributed by atoms with Crippen LogP contribution in [0.5, 0.6) is 0 Å². The van der Waals surface area contributed by atoms with Gasteiger partial charge >= 0.3 is 0 Å². The maximum absolute atomic E-state index is 12.6. The molecule has 1 aromatic carbocycles. The second kappa shape index (κ2) is 6.75. The highest BCUT2D eigenvalue weighted by Crippen LogP contribution is 2.25. The van der Waals surface area contributed by atoms with Crippen molar-refractivity contribution in [2.24, 2.45) is 0 Å². The van der Waals surface area contributed by atoms with Crippen LogP contribution in [0.4, 0.5) is 0 Å². The number of hydrogen-bond acceptors (Lipinski definition) is 3. The van der Waals surface area contributed by atoms with Gasteiger partial charge in [0, 0.05) is 19.3 Å². The summed E-state index contributed by atoms with van der Waals surface area (Å²) >= 11 is 11.6. The van der Waals surface area contributed by atoms with Crippen LogP contribution in [0.1, 0.15) is 12.5 Å². The molecular weight excluding hydrogens is 331 g/mol. The summed E-state index contributed by atoms with van der Waals surface area (Å²) in [6.45, 7) is 2.42. The number of halogens is 2. The molecule has 0 bridgehead atoms. The van der Waals surface area contributed by atoms with E-state index in [1.165, 1.54) is 16.6 Å². The minimum Gasteiger partial charge on any atom is -0.242 e. The zero-order valence-electron chi connectivity index (χ0n) is 11.3. The molecule has 0 aliphatic heterocycles. The van der Waals surface area contributed by atoms with E-state index in [1.54, 1.807) is 6.92 Å². The van der Waals surface area contributed by atoms with Gasteiger partial charge in [0.05, 0.1) is 5.02 Å². The van der Waals surface area contributed by atoms with E-state index in [1.807, 2.05) is 30.3 Å². The molecule has 0 unspecified atom stereocenters. The van der Waals surface area contributed by atoms with E-state index in [9.17, 15) is 8.42 Å². The Labute approximate surface area is 134 Å². The third kappa shape index (κ3) is 3.74. The van der Waals surface area contributed by atoms with Crippen molar-refractivity contribution in [2.45, 2.75) is 18.4 Å². The highest BCUT2D eigenvalue weighted by molar-refractivity contribution is 7.89. The Hall–Kier alpha value is -1.14. The Morgan fingerprint density at radius 2 is 1.86 bits per heavy atom. The molecule has 0 radical (unpaired) electrons. The Morgan fingerprint density at radius 3 is 2.43 bits per heavy atom. The average Bonchev–Trinajstić information content (AvgIpc) is 2.48. The molecule has 0 saturated carbocycles. The van der Waals surface area contributed by atoms with E-state index in [-0.39, 0.29) is 15.1 Å². The monoisotopic (exact) mass is 344 g/mol. The van der Waals surface area contributed by atoms with E-state index >= 15 is 0 Å². The van der Waals surface area contributed by atoms with Gasteiger partial charge in [0.25, 0.3) is 0 Å². The summed E-state index contributed by atoms with van der Waals surface area (Å²) in [5.74, 6) is 0. The smallest absolute Gasteiger partial charge is 0.242 e. The lowest BCUT2D eigenvalue weighted by Crippen LogP contribution is -2.30. The topological polar surface area (TPSA) is 50.3 Å². The third-order valence-electron chi connectivity index (χ3n) is 2.96. The van der Waals surface area contributed by atoms with E-state index in [0.717, 1.165) is 5.56 Å². The second-order valence-corrected chi connectivity index (χ2v) is 7.06. The Bertz CT molecular complexity index is 721. The number of benzene rings is 1. The molecule has 0 atom stereocenters. The standard InChI is InChI=1S/C14H14Cl2N2O2S/c1-2-18(10-11-6-4-3-5-7-11)21(19,20)12-8-13(15)14(16)17-9-12/h3-9H,2,10H2,1H3. The summed E-state index contributed by atoms with van der Waals surface area (Å²) in [4.78, 5) is 3.83. The quantitative estimate of drug-likeness (QED) is 0.778. The number of nitrogens with zero attached hydrogens (tertiary/aromatic N) is 2. The Kier molecular flexibility index (Phi) is 5.22. The first kappa shape index (κ1) is 16.2. The van der Waals surface area contributed by atoms with Crippen LogP contribution in [0, 0.1) is 0 Å². The van der Waals surface area contributed by atoms with Gasteiger partial charge in [-0.2, -0.15) is 4.31 Å². The van der Waals surface area contributed by atoms with Crippen LogP contribution in [-0.4, -0.2) is 24.3 Å². The Balaban J connectivity index is 2.33. The fourth-order valence-electron chi connectivity index (χ4n) is 1.85. The molecule has 4 nitrogen and oxygen atoms in total. The van der Waals surface area contributed by atoms with Crippen molar-refractivity contribution >= 4 is 33.2 Å². The SMILES string of the molecule is CCN(Cc1ccccc1)S(=O)(=O)c1cnc(Cl)c(Cl)c1. The number of sulfonamides is 1. The van der Waals surface area contributed by atoms with Crippen LogP contribution in [0.15, 0.2) is 47.5 Å². The van der Waals surface area contributed by atoms with Crippen molar-refractivity contribution in [1.29, 1.82) is 0 Å². The van der Waals surface area contributed by atoms with Gasteiger partial charge in [0.1, 0.15) is 10.0 Å². The number of pyridine rings is 1. The van der Waals surface area contributed by atoms with Crippen molar-refractivity contribution in [1.82, 2.24) is 9.29 Å². The first-order valence-electron chi connectivity index (χ1n) is 6.30. The van der Waals surface area contributed by atoms with Crippen LogP contribution in [0.25, 0.3) is 0 Å². The maximum Gasteiger partial charge on any atom is 0.244 e. The van der Waals surface area contributed by atoms with Crippen LogP contribution < -0.4 is 0 Å². The van der Waals surface area contributed by atoms with Crippen LogP contribution in [0.3, 0.4) is 0 Å². The molecule has 0 N–H and O–H groups in total. The van der Waals surface area contributed by atoms with Gasteiger partial charge in [-0.05, 0) is 11.6 Å². The summed E-state index contributed by atoms with van der Waals surface area (Å²) in [7, 11) is -3.66. The molecule has 0 aliphatic rings. The molecule has 0 aliphatic carbocycles. The third-order valence-corrected chi connectivity index (χ3v) is 5.54. The first-order valence-corrected chi connectivity index (χ1v) is 8.50. The minimum atomic E-state index is -3.66. The lowest BCUT2D eigenvalue weighted by Gasteiger charge is -2.20. The lowest BCUT2D eigenvalue weighted by atomic mass is 10.2. The fraction of sp³-hybridized carbons (Fsp3) is 0.214. The van der Waals surface area contributed by atoms with E-state index < -0.39 is 10.0 Å². The normalized spacial score (nSPS) is 11.8. The van der Waals surface area contributed by atoms with Gasteiger partial charge < -0.3 is 0 Å². The summed E-state index contributed by atoms with van der Waals surface area (Å²) in [6.07, 6.45) is 1.22. The maximum atomic E-state index is 12.6. The Morgan fingerprint density at radius 1 is 1.19 bits per heavy atom. The molecule has 0 amide bonds. The van der Waals surface area contributed by atoms with E-state index in [4.69, 9.17) is 23.2 Å². The van der Waals surface area contributed by atoms with Gasteiger partial charge in [-0.15, -0.1) is 0 Å². The molecule has 2 aromatic rings. The highest BCUT2D eigenvalue weighted by Gasteiger charge is 2.24. The van der Waals surface area contributed by atoms with Crippen molar-refractivity contribution < 1.29 is 8.42 Å². The molecule has 7 heteroatoms. The number of hydrogen-bond donors (Lipinski definition) is 0. The molecular formula is C14H14Cl2N2O2S. The molecule has 1 aromatic heterocycles. The van der Waals surface area contributed by atoms with E-state index in [2.05, 4.69) is 4.98 Å². The van der Waals surface area contributed by atoms with Gasteiger partial charge in [-0.3, -0.25) is 0 Å². The zero-order valence-corrected chi connectivity index (χ0v) is 13.7. The molecule has 21 heavy (non-hydrogen) atoms. The van der Waals surface area contributed by atoms with Crippen LogP contribution in [-0.2, 0) is 16.6 Å². The summed E-state index contributed by atoms with van der Waals surface area (Å²) in [5, 5.41) is 0.204. The van der Waals surface area contributed by atoms with Crippen molar-refractivity contribution in [3.05, 3.63) is 58.3 Å². The highest BCUT2D eigenvalue weighted by atomic mass is 35.5. The van der Waals surface area contributed by atoms with Gasteiger partial charge in [0.2, 0.25) is 10.0 Å². The van der Waals surface area contributed by atoms with Gasteiger partial charge in [0.15, 0.2) is 0 Å². The summed E-state index contributed by atoms with van der Waals surface area (Å²) in [6, 6.07) is 10.7. The van der Waals surface area contributed by atoms with Crippen molar-refractivity contribution in [3.63, 3.8) is 0 Å². The molecule has 0 spiro atoms. The van der Waals surface area contributed by atoms with Crippen molar-refractivity contribution in [3.8, 4) is 0 Å². The van der Waals surface area contributed by atoms with Crippen LogP contribution in [0.2, 0.25) is 10.2 Å². The van der Waals surface area contributed by atoms with Crippen LogP contribution >= 0.6 is 23.2 Å². The molecule has 0 fully saturated rings.